The lowest BCUT2D eigenvalue weighted by molar-refractivity contribution is 0.559. The third kappa shape index (κ3) is 4.27. The normalized spacial score (nSPS) is 15.0. The van der Waals surface area contributed by atoms with Gasteiger partial charge in [-0.2, -0.15) is 0 Å². The first kappa shape index (κ1) is 20.5. The van der Waals surface area contributed by atoms with Crippen LogP contribution in [0.25, 0.3) is 10.9 Å². The molecule has 0 spiro atoms. The Morgan fingerprint density at radius 2 is 1.82 bits per heavy atom. The molecule has 146 valence electrons. The van der Waals surface area contributed by atoms with Crippen LogP contribution in [0, 0.1) is 5.82 Å². The SMILES string of the molecule is CN=C(NCc1ccnc2ccccc12)NCC1(c2ccccc2F)CC1.I. The molecule has 1 heterocycles. The van der Waals surface area contributed by atoms with Crippen LogP contribution in [-0.4, -0.2) is 24.5 Å². The Balaban J connectivity index is 0.00000225. The van der Waals surface area contributed by atoms with E-state index < -0.39 is 0 Å². The van der Waals surface area contributed by atoms with Crippen molar-refractivity contribution in [3.8, 4) is 0 Å². The summed E-state index contributed by atoms with van der Waals surface area (Å²) < 4.78 is 14.2. The molecule has 2 aromatic carbocycles. The highest BCUT2D eigenvalue weighted by molar-refractivity contribution is 14.0. The molecule has 1 fully saturated rings. The zero-order valence-corrected chi connectivity index (χ0v) is 18.1. The van der Waals surface area contributed by atoms with Crippen molar-refractivity contribution in [2.24, 2.45) is 4.99 Å². The van der Waals surface area contributed by atoms with Gasteiger partial charge in [-0.1, -0.05) is 36.4 Å². The van der Waals surface area contributed by atoms with Gasteiger partial charge in [-0.25, -0.2) is 4.39 Å². The number of para-hydroxylation sites is 1. The number of nitrogens with zero attached hydrogens (tertiary/aromatic N) is 2. The molecule has 1 aromatic heterocycles. The van der Waals surface area contributed by atoms with Crippen molar-refractivity contribution >= 4 is 40.8 Å². The van der Waals surface area contributed by atoms with Crippen LogP contribution in [0.5, 0.6) is 0 Å². The molecular formula is C22H24FIN4. The molecule has 1 saturated carbocycles. The number of rotatable bonds is 5. The zero-order valence-electron chi connectivity index (χ0n) is 15.8. The van der Waals surface area contributed by atoms with Crippen LogP contribution in [0.1, 0.15) is 24.0 Å². The topological polar surface area (TPSA) is 49.3 Å². The number of hydrogen-bond donors (Lipinski definition) is 2. The number of aliphatic imine (C=N–C) groups is 1. The second-order valence-corrected chi connectivity index (χ2v) is 7.03. The molecule has 3 aromatic rings. The van der Waals surface area contributed by atoms with E-state index in [-0.39, 0.29) is 35.2 Å². The van der Waals surface area contributed by atoms with Gasteiger partial charge in [0.2, 0.25) is 0 Å². The summed E-state index contributed by atoms with van der Waals surface area (Å²) in [5.41, 5.74) is 2.83. The van der Waals surface area contributed by atoms with Gasteiger partial charge in [0.1, 0.15) is 5.82 Å². The summed E-state index contributed by atoms with van der Waals surface area (Å²) in [6, 6.07) is 17.2. The molecule has 0 bridgehead atoms. The van der Waals surface area contributed by atoms with Gasteiger partial charge in [-0.15, -0.1) is 24.0 Å². The smallest absolute Gasteiger partial charge is 0.191 e. The van der Waals surface area contributed by atoms with E-state index in [2.05, 4.69) is 26.7 Å². The molecule has 1 aliphatic rings. The number of halogens is 2. The monoisotopic (exact) mass is 490 g/mol. The van der Waals surface area contributed by atoms with Gasteiger partial charge >= 0.3 is 0 Å². The van der Waals surface area contributed by atoms with E-state index in [1.165, 1.54) is 11.6 Å². The summed E-state index contributed by atoms with van der Waals surface area (Å²) >= 11 is 0. The van der Waals surface area contributed by atoms with Crippen LogP contribution in [0.2, 0.25) is 0 Å². The van der Waals surface area contributed by atoms with E-state index >= 15 is 0 Å². The van der Waals surface area contributed by atoms with Crippen molar-refractivity contribution in [1.82, 2.24) is 15.6 Å². The highest BCUT2D eigenvalue weighted by atomic mass is 127. The van der Waals surface area contributed by atoms with Gasteiger partial charge in [-0.3, -0.25) is 9.98 Å². The van der Waals surface area contributed by atoms with E-state index in [1.54, 1.807) is 13.1 Å². The maximum absolute atomic E-state index is 14.2. The minimum Gasteiger partial charge on any atom is -0.356 e. The minimum atomic E-state index is -0.122. The highest BCUT2D eigenvalue weighted by Crippen LogP contribution is 2.48. The first-order chi connectivity index (χ1) is 13.2. The van der Waals surface area contributed by atoms with Crippen molar-refractivity contribution < 1.29 is 4.39 Å². The Kier molecular flexibility index (Phi) is 6.49. The fourth-order valence-corrected chi connectivity index (χ4v) is 3.55. The van der Waals surface area contributed by atoms with E-state index in [0.717, 1.165) is 35.3 Å². The van der Waals surface area contributed by atoms with Gasteiger partial charge < -0.3 is 10.6 Å². The number of fused-ring (bicyclic) bond motifs is 1. The molecule has 4 nitrogen and oxygen atoms in total. The quantitative estimate of drug-likeness (QED) is 0.317. The largest absolute Gasteiger partial charge is 0.356 e. The number of benzene rings is 2. The molecule has 6 heteroatoms. The Morgan fingerprint density at radius 1 is 1.07 bits per heavy atom. The third-order valence-corrected chi connectivity index (χ3v) is 5.30. The average molecular weight is 490 g/mol. The van der Waals surface area contributed by atoms with Gasteiger partial charge in [0.05, 0.1) is 5.52 Å². The maximum atomic E-state index is 14.2. The summed E-state index contributed by atoms with van der Waals surface area (Å²) in [7, 11) is 1.75. The first-order valence-electron chi connectivity index (χ1n) is 9.24. The van der Waals surface area contributed by atoms with E-state index in [9.17, 15) is 4.39 Å². The third-order valence-electron chi connectivity index (χ3n) is 5.30. The van der Waals surface area contributed by atoms with Crippen LogP contribution < -0.4 is 10.6 Å². The molecule has 0 saturated heterocycles. The molecule has 28 heavy (non-hydrogen) atoms. The van der Waals surface area contributed by atoms with Gasteiger partial charge in [0.25, 0.3) is 0 Å². The second kappa shape index (κ2) is 8.86. The Bertz CT molecular complexity index is 980. The van der Waals surface area contributed by atoms with Crippen LogP contribution in [0.3, 0.4) is 0 Å². The van der Waals surface area contributed by atoms with E-state index in [4.69, 9.17) is 0 Å². The minimum absolute atomic E-state index is 0. The number of pyridine rings is 1. The van der Waals surface area contributed by atoms with E-state index in [0.29, 0.717) is 13.1 Å². The van der Waals surface area contributed by atoms with Crippen molar-refractivity contribution in [1.29, 1.82) is 0 Å². The summed E-state index contributed by atoms with van der Waals surface area (Å²) in [4.78, 5) is 8.71. The number of hydrogen-bond acceptors (Lipinski definition) is 2. The molecule has 0 amide bonds. The Labute approximate surface area is 181 Å². The molecule has 0 unspecified atom stereocenters. The molecule has 0 aliphatic heterocycles. The number of guanidine groups is 1. The maximum Gasteiger partial charge on any atom is 0.191 e. The summed E-state index contributed by atoms with van der Waals surface area (Å²) in [6.07, 6.45) is 3.81. The fraction of sp³-hybridized carbons (Fsp3) is 0.273. The lowest BCUT2D eigenvalue weighted by Gasteiger charge is -2.19. The second-order valence-electron chi connectivity index (χ2n) is 7.03. The number of nitrogens with one attached hydrogen (secondary N) is 2. The predicted octanol–water partition coefficient (Wildman–Crippen LogP) is 4.39. The van der Waals surface area contributed by atoms with Gasteiger partial charge in [0, 0.05) is 37.1 Å². The highest BCUT2D eigenvalue weighted by Gasteiger charge is 2.45. The predicted molar refractivity (Wildman–Crippen MR) is 123 cm³/mol. The Morgan fingerprint density at radius 3 is 2.57 bits per heavy atom. The van der Waals surface area contributed by atoms with Gasteiger partial charge in [-0.05, 0) is 42.2 Å². The number of aromatic nitrogens is 1. The van der Waals surface area contributed by atoms with Crippen LogP contribution in [0.4, 0.5) is 4.39 Å². The summed E-state index contributed by atoms with van der Waals surface area (Å²) in [6.45, 7) is 1.32. The molecule has 0 radical (unpaired) electrons. The molecule has 0 atom stereocenters. The van der Waals surface area contributed by atoms with Crippen molar-refractivity contribution in [3.63, 3.8) is 0 Å². The fourth-order valence-electron chi connectivity index (χ4n) is 3.55. The van der Waals surface area contributed by atoms with Crippen LogP contribution in [0.15, 0.2) is 65.8 Å². The first-order valence-corrected chi connectivity index (χ1v) is 9.24. The van der Waals surface area contributed by atoms with Crippen LogP contribution >= 0.6 is 24.0 Å². The average Bonchev–Trinajstić information content (AvgIpc) is 3.49. The summed E-state index contributed by atoms with van der Waals surface area (Å²) in [5, 5.41) is 7.87. The lowest BCUT2D eigenvalue weighted by Crippen LogP contribution is -2.41. The Hall–Kier alpha value is -2.22. The van der Waals surface area contributed by atoms with Crippen LogP contribution in [-0.2, 0) is 12.0 Å². The lowest BCUT2D eigenvalue weighted by atomic mass is 9.95. The molecule has 1 aliphatic carbocycles. The van der Waals surface area contributed by atoms with Gasteiger partial charge in [0.15, 0.2) is 5.96 Å². The standard InChI is InChI=1S/C22H23FN4.HI/c1-24-21(26-14-16-10-13-25-20-9-5-2-6-17(16)20)27-15-22(11-12-22)18-7-3-4-8-19(18)23;/h2-10,13H,11-12,14-15H2,1H3,(H2,24,26,27);1H. The molecule has 2 N–H and O–H groups in total. The van der Waals surface area contributed by atoms with E-state index in [1.807, 2.05) is 42.6 Å². The summed E-state index contributed by atoms with van der Waals surface area (Å²) in [5.74, 6) is 0.599. The van der Waals surface area contributed by atoms with Crippen molar-refractivity contribution in [2.45, 2.75) is 24.8 Å². The molecule has 4 rings (SSSR count). The zero-order chi connectivity index (χ0) is 18.7. The van der Waals surface area contributed by atoms with Crippen molar-refractivity contribution in [2.75, 3.05) is 13.6 Å². The van der Waals surface area contributed by atoms with Crippen molar-refractivity contribution in [3.05, 3.63) is 77.7 Å². The molecular weight excluding hydrogens is 466 g/mol.